The van der Waals surface area contributed by atoms with E-state index in [1.165, 1.54) is 0 Å². The van der Waals surface area contributed by atoms with E-state index in [1.807, 2.05) is 24.3 Å². The van der Waals surface area contributed by atoms with Crippen LogP contribution >= 0.6 is 15.9 Å². The fraction of sp³-hybridized carbons (Fsp3) is 0.200. The number of carbonyl (C=O) groups is 2. The lowest BCUT2D eigenvalue weighted by Gasteiger charge is -2.09. The van der Waals surface area contributed by atoms with Gasteiger partial charge in [-0.25, -0.2) is 9.78 Å². The molecule has 0 bridgehead atoms. The maximum Gasteiger partial charge on any atom is 0.360 e. The number of aromatic nitrogens is 2. The lowest BCUT2D eigenvalue weighted by Crippen LogP contribution is -2.23. The second-order valence-corrected chi connectivity index (χ2v) is 5.40. The van der Waals surface area contributed by atoms with Gasteiger partial charge in [0.15, 0.2) is 5.69 Å². The van der Waals surface area contributed by atoms with E-state index in [4.69, 9.17) is 4.74 Å². The summed E-state index contributed by atoms with van der Waals surface area (Å²) in [4.78, 5) is 41.6. The normalized spacial score (nSPS) is 10.2. The lowest BCUT2D eigenvalue weighted by atomic mass is 10.1. The highest BCUT2D eigenvalue weighted by Crippen LogP contribution is 2.19. The van der Waals surface area contributed by atoms with E-state index in [9.17, 15) is 14.4 Å². The molecule has 2 rings (SSSR count). The predicted molar refractivity (Wildman–Crippen MR) is 84.5 cm³/mol. The molecule has 2 aromatic rings. The average molecular weight is 381 g/mol. The van der Waals surface area contributed by atoms with Crippen molar-refractivity contribution in [2.45, 2.75) is 13.3 Å². The first-order chi connectivity index (χ1) is 10.9. The third kappa shape index (κ3) is 4.04. The van der Waals surface area contributed by atoms with E-state index in [2.05, 4.69) is 30.6 Å². The van der Waals surface area contributed by atoms with E-state index in [1.54, 1.807) is 0 Å². The molecule has 0 saturated heterocycles. The summed E-state index contributed by atoms with van der Waals surface area (Å²) in [5, 5.41) is 0. The van der Waals surface area contributed by atoms with Crippen LogP contribution in [0.2, 0.25) is 0 Å². The first-order valence-corrected chi connectivity index (χ1v) is 7.35. The third-order valence-corrected chi connectivity index (χ3v) is 3.64. The Morgan fingerprint density at radius 3 is 2.61 bits per heavy atom. The number of nitrogens with zero attached hydrogens (tertiary/aromatic N) is 1. The summed E-state index contributed by atoms with van der Waals surface area (Å²) in [6.07, 6.45) is 0.279. The van der Waals surface area contributed by atoms with Crippen LogP contribution in [0.5, 0.6) is 5.75 Å². The fourth-order valence-corrected chi connectivity index (χ4v) is 2.31. The topological polar surface area (TPSA) is 98.3 Å². The van der Waals surface area contributed by atoms with Gasteiger partial charge in [0.1, 0.15) is 5.82 Å². The first-order valence-electron chi connectivity index (χ1n) is 6.55. The number of benzene rings is 1. The SMILES string of the molecule is COC(=O)c1nc(Cc2ccccc2Br)[nH]c(=O)c1OC(C)=O. The molecule has 0 unspecified atom stereocenters. The van der Waals surface area contributed by atoms with Crippen LogP contribution in [0.4, 0.5) is 0 Å². The van der Waals surface area contributed by atoms with Crippen molar-refractivity contribution < 1.29 is 19.1 Å². The van der Waals surface area contributed by atoms with Crippen molar-refractivity contribution in [1.29, 1.82) is 0 Å². The molecule has 1 aromatic heterocycles. The highest BCUT2D eigenvalue weighted by Gasteiger charge is 2.22. The number of carbonyl (C=O) groups excluding carboxylic acids is 2. The van der Waals surface area contributed by atoms with Gasteiger partial charge in [0.2, 0.25) is 5.75 Å². The molecular formula is C15H13BrN2O5. The highest BCUT2D eigenvalue weighted by molar-refractivity contribution is 9.10. The number of ether oxygens (including phenoxy) is 2. The van der Waals surface area contributed by atoms with Crippen LogP contribution in [0.1, 0.15) is 28.8 Å². The van der Waals surface area contributed by atoms with Crippen LogP contribution in [-0.4, -0.2) is 29.0 Å². The standard InChI is InChI=1S/C15H13BrN2O5/c1-8(19)23-13-12(15(21)22-2)17-11(18-14(13)20)7-9-5-3-4-6-10(9)16/h3-6H,7H2,1-2H3,(H,17,18,20). The number of halogens is 1. The summed E-state index contributed by atoms with van der Waals surface area (Å²) < 4.78 is 10.2. The van der Waals surface area contributed by atoms with Crippen molar-refractivity contribution in [3.63, 3.8) is 0 Å². The van der Waals surface area contributed by atoms with Crippen LogP contribution in [0.3, 0.4) is 0 Å². The minimum absolute atomic E-state index is 0.248. The van der Waals surface area contributed by atoms with Crippen LogP contribution in [0.15, 0.2) is 33.5 Å². The van der Waals surface area contributed by atoms with Crippen LogP contribution < -0.4 is 10.3 Å². The Kier molecular flexibility index (Phi) is 5.28. The Hall–Kier alpha value is -2.48. The van der Waals surface area contributed by atoms with Gasteiger partial charge in [0.05, 0.1) is 7.11 Å². The van der Waals surface area contributed by atoms with E-state index < -0.39 is 23.2 Å². The summed E-state index contributed by atoms with van der Waals surface area (Å²) >= 11 is 3.40. The minimum Gasteiger partial charge on any atom is -0.464 e. The van der Waals surface area contributed by atoms with Gasteiger partial charge in [-0.05, 0) is 11.6 Å². The highest BCUT2D eigenvalue weighted by atomic mass is 79.9. The molecule has 120 valence electrons. The average Bonchev–Trinajstić information content (AvgIpc) is 2.51. The number of H-pyrrole nitrogens is 1. The molecule has 0 aliphatic heterocycles. The Bertz CT molecular complexity index is 816. The van der Waals surface area contributed by atoms with Gasteiger partial charge in [-0.15, -0.1) is 0 Å². The molecule has 23 heavy (non-hydrogen) atoms. The zero-order chi connectivity index (χ0) is 17.0. The minimum atomic E-state index is -0.860. The number of nitrogens with one attached hydrogen (secondary N) is 1. The predicted octanol–water partition coefficient (Wildman–Crippen LogP) is 1.84. The number of hydrogen-bond donors (Lipinski definition) is 1. The van der Waals surface area contributed by atoms with E-state index in [0.717, 1.165) is 24.1 Å². The second-order valence-electron chi connectivity index (χ2n) is 4.54. The molecule has 0 aliphatic rings. The van der Waals surface area contributed by atoms with Gasteiger partial charge in [0.25, 0.3) is 5.56 Å². The summed E-state index contributed by atoms with van der Waals surface area (Å²) in [5.74, 6) is -1.82. The first kappa shape index (κ1) is 16.9. The van der Waals surface area contributed by atoms with Gasteiger partial charge in [0, 0.05) is 17.8 Å². The van der Waals surface area contributed by atoms with Gasteiger partial charge >= 0.3 is 11.9 Å². The molecule has 0 aliphatic carbocycles. The molecule has 0 fully saturated rings. The van der Waals surface area contributed by atoms with Gasteiger partial charge in [-0.3, -0.25) is 9.59 Å². The smallest absolute Gasteiger partial charge is 0.360 e. The van der Waals surface area contributed by atoms with Crippen molar-refractivity contribution in [2.75, 3.05) is 7.11 Å². The van der Waals surface area contributed by atoms with Crippen LogP contribution in [-0.2, 0) is 16.0 Å². The zero-order valence-corrected chi connectivity index (χ0v) is 14.0. The quantitative estimate of drug-likeness (QED) is 0.812. The molecule has 1 heterocycles. The molecule has 1 aromatic carbocycles. The molecule has 1 N–H and O–H groups in total. The van der Waals surface area contributed by atoms with Crippen molar-refractivity contribution in [2.24, 2.45) is 0 Å². The summed E-state index contributed by atoms with van der Waals surface area (Å²) in [6, 6.07) is 7.39. The van der Waals surface area contributed by atoms with Gasteiger partial charge in [-0.2, -0.15) is 0 Å². The second kappa shape index (κ2) is 7.19. The third-order valence-electron chi connectivity index (χ3n) is 2.87. The fourth-order valence-electron chi connectivity index (χ4n) is 1.89. The zero-order valence-electron chi connectivity index (χ0n) is 12.4. The Morgan fingerprint density at radius 2 is 2.00 bits per heavy atom. The Morgan fingerprint density at radius 1 is 1.30 bits per heavy atom. The summed E-state index contributed by atoms with van der Waals surface area (Å²) in [6.45, 7) is 1.12. The van der Waals surface area contributed by atoms with Crippen molar-refractivity contribution in [1.82, 2.24) is 9.97 Å². The molecule has 0 radical (unpaired) electrons. The molecule has 0 spiro atoms. The number of methoxy groups -OCH3 is 1. The Balaban J connectivity index is 2.49. The maximum absolute atomic E-state index is 12.1. The van der Waals surface area contributed by atoms with Crippen LogP contribution in [0, 0.1) is 0 Å². The molecule has 0 saturated carbocycles. The van der Waals surface area contributed by atoms with Gasteiger partial charge in [-0.1, -0.05) is 34.1 Å². The molecule has 0 atom stereocenters. The van der Waals surface area contributed by atoms with Crippen molar-refractivity contribution in [3.05, 3.63) is 56.2 Å². The Labute approximate surface area is 139 Å². The largest absolute Gasteiger partial charge is 0.464 e. The van der Waals surface area contributed by atoms with E-state index in [-0.39, 0.29) is 17.9 Å². The molecule has 0 amide bonds. The van der Waals surface area contributed by atoms with E-state index >= 15 is 0 Å². The number of esters is 2. The summed E-state index contributed by atoms with van der Waals surface area (Å²) in [5.41, 5.74) is -0.196. The lowest BCUT2D eigenvalue weighted by molar-refractivity contribution is -0.132. The van der Waals surface area contributed by atoms with Crippen molar-refractivity contribution in [3.8, 4) is 5.75 Å². The molecule has 8 heteroatoms. The van der Waals surface area contributed by atoms with Crippen LogP contribution in [0.25, 0.3) is 0 Å². The van der Waals surface area contributed by atoms with Crippen molar-refractivity contribution >= 4 is 27.9 Å². The monoisotopic (exact) mass is 380 g/mol. The van der Waals surface area contributed by atoms with E-state index in [0.29, 0.717) is 0 Å². The number of aromatic amines is 1. The molecular weight excluding hydrogens is 368 g/mol. The van der Waals surface area contributed by atoms with Gasteiger partial charge < -0.3 is 14.5 Å². The maximum atomic E-state index is 12.1. The number of hydrogen-bond acceptors (Lipinski definition) is 6. The summed E-state index contributed by atoms with van der Waals surface area (Å²) in [7, 11) is 1.15. The number of rotatable bonds is 4. The molecule has 7 nitrogen and oxygen atoms in total.